The number of aliphatic imine (C=N–C) groups is 1. The van der Waals surface area contributed by atoms with Crippen LogP contribution in [-0.2, 0) is 0 Å². The lowest BCUT2D eigenvalue weighted by Gasteiger charge is -2.23. The fourth-order valence-corrected chi connectivity index (χ4v) is 1.99. The van der Waals surface area contributed by atoms with Crippen molar-refractivity contribution < 1.29 is 0 Å². The molecule has 0 spiro atoms. The smallest absolute Gasteiger partial charge is 0.188 e. The molecule has 0 aliphatic rings. The summed E-state index contributed by atoms with van der Waals surface area (Å²) in [6.07, 6.45) is 0.995. The monoisotopic (exact) mass is 276 g/mol. The normalized spacial score (nSPS) is 12.3. The maximum absolute atomic E-state index is 5.85. The van der Waals surface area contributed by atoms with Gasteiger partial charge in [0, 0.05) is 30.9 Å². The third-order valence-corrected chi connectivity index (χ3v) is 2.87. The van der Waals surface area contributed by atoms with Crippen LogP contribution in [0.5, 0.6) is 0 Å². The third kappa shape index (κ3) is 6.45. The summed E-state index contributed by atoms with van der Waals surface area (Å²) in [7, 11) is 0. The fourth-order valence-electron chi connectivity index (χ4n) is 1.99. The van der Waals surface area contributed by atoms with Crippen molar-refractivity contribution in [2.75, 3.05) is 24.5 Å². The molecule has 4 heteroatoms. The van der Waals surface area contributed by atoms with Crippen LogP contribution in [0.2, 0.25) is 0 Å². The molecule has 20 heavy (non-hydrogen) atoms. The Hall–Kier alpha value is -1.71. The lowest BCUT2D eigenvalue weighted by molar-refractivity contribution is 0.508. The molecule has 0 saturated heterocycles. The van der Waals surface area contributed by atoms with E-state index in [0.717, 1.165) is 26.1 Å². The Kier molecular flexibility index (Phi) is 6.36. The molecule has 1 rings (SSSR count). The van der Waals surface area contributed by atoms with E-state index in [9.17, 15) is 0 Å². The Balaban J connectivity index is 2.38. The van der Waals surface area contributed by atoms with Gasteiger partial charge in [-0.3, -0.25) is 4.99 Å². The predicted molar refractivity (Wildman–Crippen MR) is 88.3 cm³/mol. The summed E-state index contributed by atoms with van der Waals surface area (Å²) in [4.78, 5) is 6.72. The van der Waals surface area contributed by atoms with Crippen molar-refractivity contribution in [3.05, 3.63) is 30.3 Å². The van der Waals surface area contributed by atoms with Crippen LogP contribution in [0.25, 0.3) is 0 Å². The second kappa shape index (κ2) is 7.78. The summed E-state index contributed by atoms with van der Waals surface area (Å²) in [6.45, 7) is 11.1. The molecule has 0 unspecified atom stereocenters. The van der Waals surface area contributed by atoms with E-state index in [1.807, 2.05) is 6.07 Å². The van der Waals surface area contributed by atoms with Gasteiger partial charge in [-0.15, -0.1) is 0 Å². The second-order valence-electron chi connectivity index (χ2n) is 5.91. The van der Waals surface area contributed by atoms with E-state index in [4.69, 9.17) is 5.73 Å². The first-order valence-corrected chi connectivity index (χ1v) is 7.30. The molecule has 0 saturated carbocycles. The van der Waals surface area contributed by atoms with Crippen molar-refractivity contribution in [2.45, 2.75) is 39.7 Å². The minimum absolute atomic E-state index is 0.0346. The Morgan fingerprint density at radius 1 is 1.25 bits per heavy atom. The average Bonchev–Trinajstić information content (AvgIpc) is 2.38. The molecule has 0 heterocycles. The largest absolute Gasteiger partial charge is 0.372 e. The fraction of sp³-hybridized carbons (Fsp3) is 0.562. The first-order chi connectivity index (χ1) is 9.42. The molecule has 1 aromatic carbocycles. The zero-order valence-corrected chi connectivity index (χ0v) is 13.2. The summed E-state index contributed by atoms with van der Waals surface area (Å²) < 4.78 is 0. The minimum Gasteiger partial charge on any atom is -0.372 e. The van der Waals surface area contributed by atoms with Crippen LogP contribution >= 0.6 is 0 Å². The van der Waals surface area contributed by atoms with Gasteiger partial charge in [0.25, 0.3) is 0 Å². The number of rotatable bonds is 6. The van der Waals surface area contributed by atoms with Crippen molar-refractivity contribution >= 4 is 11.6 Å². The average molecular weight is 276 g/mol. The van der Waals surface area contributed by atoms with Gasteiger partial charge >= 0.3 is 0 Å². The minimum atomic E-state index is -0.0346. The number of hydrogen-bond acceptors (Lipinski definition) is 2. The van der Waals surface area contributed by atoms with Crippen molar-refractivity contribution in [1.29, 1.82) is 0 Å². The van der Waals surface area contributed by atoms with Gasteiger partial charge in [-0.05, 0) is 46.2 Å². The molecule has 1 aromatic rings. The predicted octanol–water partition coefficient (Wildman–Crippen LogP) is 2.61. The summed E-state index contributed by atoms with van der Waals surface area (Å²) >= 11 is 0. The maximum atomic E-state index is 5.85. The van der Waals surface area contributed by atoms with Crippen LogP contribution in [-0.4, -0.2) is 31.1 Å². The first-order valence-electron chi connectivity index (χ1n) is 7.30. The number of benzene rings is 1. The van der Waals surface area contributed by atoms with Gasteiger partial charge < -0.3 is 16.0 Å². The van der Waals surface area contributed by atoms with Crippen LogP contribution in [0.15, 0.2) is 35.3 Å². The maximum Gasteiger partial charge on any atom is 0.188 e. The summed E-state index contributed by atoms with van der Waals surface area (Å²) in [6, 6.07) is 10.5. The number of nitrogens with zero attached hydrogens (tertiary/aromatic N) is 2. The van der Waals surface area contributed by atoms with Crippen molar-refractivity contribution in [1.82, 2.24) is 5.32 Å². The topological polar surface area (TPSA) is 53.6 Å². The van der Waals surface area contributed by atoms with Crippen molar-refractivity contribution in [2.24, 2.45) is 10.7 Å². The summed E-state index contributed by atoms with van der Waals surface area (Å²) in [5.41, 5.74) is 7.07. The van der Waals surface area contributed by atoms with Gasteiger partial charge in [-0.1, -0.05) is 18.2 Å². The second-order valence-corrected chi connectivity index (χ2v) is 5.91. The zero-order chi connectivity index (χ0) is 15.0. The van der Waals surface area contributed by atoms with Crippen LogP contribution < -0.4 is 16.0 Å². The Morgan fingerprint density at radius 2 is 1.90 bits per heavy atom. The molecule has 0 bridgehead atoms. The molecule has 4 nitrogen and oxygen atoms in total. The van der Waals surface area contributed by atoms with E-state index in [2.05, 4.69) is 67.2 Å². The molecule has 0 aliphatic heterocycles. The number of hydrogen-bond donors (Lipinski definition) is 2. The highest BCUT2D eigenvalue weighted by Gasteiger charge is 2.09. The third-order valence-electron chi connectivity index (χ3n) is 2.87. The van der Waals surface area contributed by atoms with E-state index >= 15 is 0 Å². The summed E-state index contributed by atoms with van der Waals surface area (Å²) in [5.74, 6) is 0.528. The standard InChI is InChI=1S/C16H28N4/c1-5-20(14-10-7-6-8-11-14)13-9-12-18-15(17)19-16(2,3)4/h6-8,10-11H,5,9,12-13H2,1-4H3,(H3,17,18,19). The summed E-state index contributed by atoms with van der Waals surface area (Å²) in [5, 5.41) is 3.17. The molecular weight excluding hydrogens is 248 g/mol. The number of nitrogens with one attached hydrogen (secondary N) is 1. The van der Waals surface area contributed by atoms with E-state index in [1.54, 1.807) is 0 Å². The van der Waals surface area contributed by atoms with E-state index in [1.165, 1.54) is 5.69 Å². The van der Waals surface area contributed by atoms with Gasteiger partial charge in [0.2, 0.25) is 0 Å². The number of nitrogens with two attached hydrogens (primary N) is 1. The van der Waals surface area contributed by atoms with Gasteiger partial charge in [0.15, 0.2) is 5.96 Å². The lowest BCUT2D eigenvalue weighted by Crippen LogP contribution is -2.45. The highest BCUT2D eigenvalue weighted by atomic mass is 15.1. The molecule has 3 N–H and O–H groups in total. The number of para-hydroxylation sites is 1. The van der Waals surface area contributed by atoms with Gasteiger partial charge in [0.1, 0.15) is 0 Å². The van der Waals surface area contributed by atoms with Gasteiger partial charge in [-0.2, -0.15) is 0 Å². The van der Waals surface area contributed by atoms with Crippen molar-refractivity contribution in [3.8, 4) is 0 Å². The van der Waals surface area contributed by atoms with Crippen LogP contribution in [0.1, 0.15) is 34.1 Å². The molecule has 0 atom stereocenters. The molecule has 0 radical (unpaired) electrons. The molecule has 112 valence electrons. The number of anilines is 1. The molecule has 0 aliphatic carbocycles. The van der Waals surface area contributed by atoms with E-state index in [0.29, 0.717) is 5.96 Å². The van der Waals surface area contributed by atoms with Crippen LogP contribution in [0.4, 0.5) is 5.69 Å². The van der Waals surface area contributed by atoms with Crippen molar-refractivity contribution in [3.63, 3.8) is 0 Å². The quantitative estimate of drug-likeness (QED) is 0.477. The SMILES string of the molecule is CCN(CCCN=C(N)NC(C)(C)C)c1ccccc1. The molecular formula is C16H28N4. The Morgan fingerprint density at radius 3 is 2.45 bits per heavy atom. The van der Waals surface area contributed by atoms with Crippen LogP contribution in [0, 0.1) is 0 Å². The first kappa shape index (κ1) is 16.3. The molecule has 0 fully saturated rings. The molecule has 0 aromatic heterocycles. The lowest BCUT2D eigenvalue weighted by atomic mass is 10.1. The van der Waals surface area contributed by atoms with Gasteiger partial charge in [-0.25, -0.2) is 0 Å². The Labute approximate surface area is 123 Å². The zero-order valence-electron chi connectivity index (χ0n) is 13.2. The van der Waals surface area contributed by atoms with Crippen LogP contribution in [0.3, 0.4) is 0 Å². The Bertz CT molecular complexity index is 406. The highest BCUT2D eigenvalue weighted by Crippen LogP contribution is 2.12. The van der Waals surface area contributed by atoms with E-state index < -0.39 is 0 Å². The van der Waals surface area contributed by atoms with E-state index in [-0.39, 0.29) is 5.54 Å². The number of guanidine groups is 1. The van der Waals surface area contributed by atoms with Gasteiger partial charge in [0.05, 0.1) is 0 Å². The highest BCUT2D eigenvalue weighted by molar-refractivity contribution is 5.78. The molecule has 0 amide bonds.